The molecule has 0 saturated carbocycles. The molecular formula is C12H16ClN3O. The Morgan fingerprint density at radius 3 is 2.76 bits per heavy atom. The molecule has 0 aromatic heterocycles. The molecule has 2 rings (SSSR count). The minimum Gasteiger partial charge on any atom is -0.397 e. The number of carbonyl (C=O) groups excluding carboxylic acids is 1. The molecule has 0 saturated heterocycles. The number of rotatable bonds is 1. The molecule has 0 unspecified atom stereocenters. The Hall–Kier alpha value is -1.26. The number of benzene rings is 1. The van der Waals surface area contributed by atoms with Gasteiger partial charge < -0.3 is 16.4 Å². The first kappa shape index (κ1) is 12.2. The molecule has 0 bridgehead atoms. The number of hydrogen-bond acceptors (Lipinski definition) is 3. The van der Waals surface area contributed by atoms with E-state index in [1.165, 1.54) is 0 Å². The summed E-state index contributed by atoms with van der Waals surface area (Å²) in [7, 11) is 0. The number of anilines is 2. The van der Waals surface area contributed by atoms with Crippen molar-refractivity contribution in [2.75, 3.05) is 23.7 Å². The summed E-state index contributed by atoms with van der Waals surface area (Å²) < 4.78 is 0. The molecule has 1 aliphatic heterocycles. The third-order valence-electron chi connectivity index (χ3n) is 3.13. The summed E-state index contributed by atoms with van der Waals surface area (Å²) in [6.45, 7) is 4.69. The van der Waals surface area contributed by atoms with Crippen LogP contribution in [0.25, 0.3) is 0 Å². The zero-order chi connectivity index (χ0) is 12.8. The summed E-state index contributed by atoms with van der Waals surface area (Å²) in [4.78, 5) is 13.5. The average Bonchev–Trinajstić information content (AvgIpc) is 2.50. The van der Waals surface area contributed by atoms with Crippen molar-refractivity contribution in [2.24, 2.45) is 5.73 Å². The fraction of sp³-hybridized carbons (Fsp3) is 0.417. The SMILES string of the molecule is CC1(C)CN(C(=O)CN)c2c(N)cc(Cl)cc21. The lowest BCUT2D eigenvalue weighted by Gasteiger charge is -2.20. The first-order valence-electron chi connectivity index (χ1n) is 5.47. The van der Waals surface area contributed by atoms with E-state index in [-0.39, 0.29) is 17.9 Å². The van der Waals surface area contributed by atoms with E-state index < -0.39 is 0 Å². The van der Waals surface area contributed by atoms with E-state index in [1.807, 2.05) is 6.07 Å². The summed E-state index contributed by atoms with van der Waals surface area (Å²) in [5, 5.41) is 0.594. The molecule has 1 aliphatic rings. The van der Waals surface area contributed by atoms with Crippen molar-refractivity contribution in [2.45, 2.75) is 19.3 Å². The lowest BCUT2D eigenvalue weighted by atomic mass is 9.87. The van der Waals surface area contributed by atoms with E-state index in [0.717, 1.165) is 11.3 Å². The van der Waals surface area contributed by atoms with Gasteiger partial charge in [-0.05, 0) is 17.7 Å². The van der Waals surface area contributed by atoms with Gasteiger partial charge in [0.15, 0.2) is 0 Å². The highest BCUT2D eigenvalue weighted by Gasteiger charge is 2.39. The molecule has 0 fully saturated rings. The maximum absolute atomic E-state index is 11.8. The van der Waals surface area contributed by atoms with Crippen molar-refractivity contribution in [1.29, 1.82) is 0 Å². The number of nitrogens with two attached hydrogens (primary N) is 2. The van der Waals surface area contributed by atoms with Gasteiger partial charge in [0.05, 0.1) is 17.9 Å². The van der Waals surface area contributed by atoms with Crippen molar-refractivity contribution in [3.05, 3.63) is 22.7 Å². The summed E-state index contributed by atoms with van der Waals surface area (Å²) in [5.74, 6) is -0.120. The van der Waals surface area contributed by atoms with E-state index in [4.69, 9.17) is 23.1 Å². The molecule has 0 aliphatic carbocycles. The van der Waals surface area contributed by atoms with Crippen LogP contribution in [0.5, 0.6) is 0 Å². The zero-order valence-electron chi connectivity index (χ0n) is 9.96. The predicted molar refractivity (Wildman–Crippen MR) is 70.3 cm³/mol. The Labute approximate surface area is 106 Å². The maximum Gasteiger partial charge on any atom is 0.240 e. The number of fused-ring (bicyclic) bond motifs is 1. The van der Waals surface area contributed by atoms with Crippen LogP contribution < -0.4 is 16.4 Å². The number of amides is 1. The minimum atomic E-state index is -0.154. The number of nitrogens with zero attached hydrogens (tertiary/aromatic N) is 1. The molecule has 4 N–H and O–H groups in total. The molecule has 0 atom stereocenters. The van der Waals surface area contributed by atoms with Gasteiger partial charge >= 0.3 is 0 Å². The molecule has 4 nitrogen and oxygen atoms in total. The van der Waals surface area contributed by atoms with E-state index in [2.05, 4.69) is 13.8 Å². The standard InChI is InChI=1S/C12H16ClN3O/c1-12(2)6-16(10(17)5-14)11-8(12)3-7(13)4-9(11)15/h3-4H,5-6,14-15H2,1-2H3. The van der Waals surface area contributed by atoms with Gasteiger partial charge in [0.25, 0.3) is 0 Å². The van der Waals surface area contributed by atoms with Crippen LogP contribution in [-0.4, -0.2) is 19.0 Å². The molecule has 1 heterocycles. The average molecular weight is 254 g/mol. The van der Waals surface area contributed by atoms with Crippen LogP contribution in [0.4, 0.5) is 11.4 Å². The van der Waals surface area contributed by atoms with Gasteiger partial charge in [0.2, 0.25) is 5.91 Å². The predicted octanol–water partition coefficient (Wildman–Crippen LogP) is 1.51. The van der Waals surface area contributed by atoms with Crippen LogP contribution in [0.15, 0.2) is 12.1 Å². The number of nitrogen functional groups attached to an aromatic ring is 1. The lowest BCUT2D eigenvalue weighted by molar-refractivity contribution is -0.117. The monoisotopic (exact) mass is 253 g/mol. The molecule has 1 amide bonds. The molecular weight excluding hydrogens is 238 g/mol. The summed E-state index contributed by atoms with van der Waals surface area (Å²) in [5.41, 5.74) is 13.5. The molecule has 92 valence electrons. The Bertz CT molecular complexity index is 485. The number of halogens is 1. The minimum absolute atomic E-state index is 0.0163. The largest absolute Gasteiger partial charge is 0.397 e. The van der Waals surface area contributed by atoms with E-state index in [0.29, 0.717) is 17.3 Å². The maximum atomic E-state index is 11.8. The van der Waals surface area contributed by atoms with Crippen LogP contribution in [0.3, 0.4) is 0 Å². The van der Waals surface area contributed by atoms with Crippen LogP contribution in [0.1, 0.15) is 19.4 Å². The highest BCUT2D eigenvalue weighted by Crippen LogP contribution is 2.45. The van der Waals surface area contributed by atoms with Gasteiger partial charge in [0, 0.05) is 17.0 Å². The van der Waals surface area contributed by atoms with Crippen LogP contribution >= 0.6 is 11.6 Å². The molecule has 1 aromatic rings. The second-order valence-corrected chi connectivity index (χ2v) is 5.40. The van der Waals surface area contributed by atoms with Gasteiger partial charge in [-0.15, -0.1) is 0 Å². The molecule has 17 heavy (non-hydrogen) atoms. The van der Waals surface area contributed by atoms with E-state index in [9.17, 15) is 4.79 Å². The Balaban J connectivity index is 2.61. The number of carbonyl (C=O) groups is 1. The molecule has 1 aromatic carbocycles. The van der Waals surface area contributed by atoms with Crippen molar-refractivity contribution < 1.29 is 4.79 Å². The zero-order valence-corrected chi connectivity index (χ0v) is 10.7. The summed E-state index contributed by atoms with van der Waals surface area (Å²) in [6.07, 6.45) is 0. The van der Waals surface area contributed by atoms with Crippen molar-refractivity contribution in [3.8, 4) is 0 Å². The van der Waals surface area contributed by atoms with Gasteiger partial charge in [-0.2, -0.15) is 0 Å². The van der Waals surface area contributed by atoms with Crippen molar-refractivity contribution in [1.82, 2.24) is 0 Å². The van der Waals surface area contributed by atoms with Gasteiger partial charge in [-0.1, -0.05) is 25.4 Å². The normalized spacial score (nSPS) is 17.1. The van der Waals surface area contributed by atoms with E-state index in [1.54, 1.807) is 11.0 Å². The van der Waals surface area contributed by atoms with Gasteiger partial charge in [-0.3, -0.25) is 4.79 Å². The molecule has 5 heteroatoms. The van der Waals surface area contributed by atoms with Gasteiger partial charge in [-0.25, -0.2) is 0 Å². The molecule has 0 spiro atoms. The second kappa shape index (κ2) is 3.89. The third kappa shape index (κ3) is 1.87. The van der Waals surface area contributed by atoms with E-state index >= 15 is 0 Å². The van der Waals surface area contributed by atoms with Crippen LogP contribution in [-0.2, 0) is 10.2 Å². The first-order valence-corrected chi connectivity index (χ1v) is 5.84. The fourth-order valence-corrected chi connectivity index (χ4v) is 2.55. The van der Waals surface area contributed by atoms with Crippen LogP contribution in [0, 0.1) is 0 Å². The molecule has 0 radical (unpaired) electrons. The fourth-order valence-electron chi connectivity index (χ4n) is 2.32. The van der Waals surface area contributed by atoms with Gasteiger partial charge in [0.1, 0.15) is 0 Å². The third-order valence-corrected chi connectivity index (χ3v) is 3.35. The topological polar surface area (TPSA) is 72.3 Å². The first-order chi connectivity index (χ1) is 7.86. The second-order valence-electron chi connectivity index (χ2n) is 4.96. The Kier molecular flexibility index (Phi) is 2.79. The van der Waals surface area contributed by atoms with Crippen molar-refractivity contribution in [3.63, 3.8) is 0 Å². The smallest absolute Gasteiger partial charge is 0.240 e. The highest BCUT2D eigenvalue weighted by atomic mass is 35.5. The van der Waals surface area contributed by atoms with Crippen LogP contribution in [0.2, 0.25) is 5.02 Å². The highest BCUT2D eigenvalue weighted by molar-refractivity contribution is 6.31. The summed E-state index contributed by atoms with van der Waals surface area (Å²) in [6, 6.07) is 3.54. The Morgan fingerprint density at radius 2 is 2.18 bits per heavy atom. The lowest BCUT2D eigenvalue weighted by Crippen LogP contribution is -2.38. The van der Waals surface area contributed by atoms with Crippen molar-refractivity contribution >= 4 is 28.9 Å². The summed E-state index contributed by atoms with van der Waals surface area (Å²) >= 11 is 6.01. The quantitative estimate of drug-likeness (QED) is 0.745. The Morgan fingerprint density at radius 1 is 1.53 bits per heavy atom. The number of hydrogen-bond donors (Lipinski definition) is 2.